The molecular formula is C31H22N2O3. The summed E-state index contributed by atoms with van der Waals surface area (Å²) in [4.78, 5) is 45.1. The predicted molar refractivity (Wildman–Crippen MR) is 140 cm³/mol. The number of nitrogens with zero attached hydrogens (tertiary/aromatic N) is 2. The number of imide groups is 1. The Morgan fingerprint density at radius 2 is 1.36 bits per heavy atom. The molecule has 3 heterocycles. The molecule has 36 heavy (non-hydrogen) atoms. The number of amides is 2. The minimum atomic E-state index is -0.780. The van der Waals surface area contributed by atoms with Crippen molar-refractivity contribution in [3.63, 3.8) is 0 Å². The molecule has 0 aliphatic carbocycles. The van der Waals surface area contributed by atoms with Crippen molar-refractivity contribution in [1.82, 2.24) is 0 Å². The standard InChI is InChI=1S/C31H22N2O3/c34-29(20-10-3-1-4-11-20)28-27-26(30(35)32(31(27)36)21-12-5-2-6-13-21)25-18-16-23-22-14-8-7-9-19(22)15-17-24(23)33(25)28/h1-18,25-28H/t25-,26-,27+,28+/m1/s1. The first kappa shape index (κ1) is 20.8. The Morgan fingerprint density at radius 3 is 2.14 bits per heavy atom. The van der Waals surface area contributed by atoms with Crippen molar-refractivity contribution >= 4 is 45.8 Å². The third-order valence-corrected chi connectivity index (χ3v) is 7.75. The number of para-hydroxylation sites is 1. The van der Waals surface area contributed by atoms with Crippen LogP contribution in [0.2, 0.25) is 0 Å². The Balaban J connectivity index is 1.42. The van der Waals surface area contributed by atoms with Crippen LogP contribution in [0.4, 0.5) is 11.4 Å². The van der Waals surface area contributed by atoms with Gasteiger partial charge in [0.15, 0.2) is 5.78 Å². The molecule has 0 unspecified atom stereocenters. The molecule has 2 amide bonds. The fourth-order valence-corrected chi connectivity index (χ4v) is 6.23. The summed E-state index contributed by atoms with van der Waals surface area (Å²) >= 11 is 0. The van der Waals surface area contributed by atoms with E-state index in [0.717, 1.165) is 22.0 Å². The molecule has 174 valence electrons. The number of fused-ring (bicyclic) bond motifs is 7. The molecule has 2 saturated heterocycles. The van der Waals surface area contributed by atoms with Crippen LogP contribution in [-0.2, 0) is 9.59 Å². The van der Waals surface area contributed by atoms with E-state index in [1.165, 1.54) is 4.90 Å². The van der Waals surface area contributed by atoms with E-state index in [9.17, 15) is 14.4 Å². The normalized spacial score (nSPS) is 24.1. The first-order chi connectivity index (χ1) is 17.6. The van der Waals surface area contributed by atoms with Gasteiger partial charge in [-0.1, -0.05) is 91.0 Å². The molecule has 0 bridgehead atoms. The molecule has 0 aromatic heterocycles. The van der Waals surface area contributed by atoms with Gasteiger partial charge in [0, 0.05) is 16.8 Å². The van der Waals surface area contributed by atoms with Crippen molar-refractivity contribution in [3.8, 4) is 0 Å². The van der Waals surface area contributed by atoms with Crippen molar-refractivity contribution in [1.29, 1.82) is 0 Å². The topological polar surface area (TPSA) is 57.7 Å². The van der Waals surface area contributed by atoms with E-state index in [-0.39, 0.29) is 23.6 Å². The van der Waals surface area contributed by atoms with Gasteiger partial charge in [-0.25, -0.2) is 4.90 Å². The summed E-state index contributed by atoms with van der Waals surface area (Å²) in [7, 11) is 0. The highest BCUT2D eigenvalue weighted by Crippen LogP contribution is 2.50. The number of ketones is 1. The summed E-state index contributed by atoms with van der Waals surface area (Å²) in [5.41, 5.74) is 2.98. The third kappa shape index (κ3) is 2.80. The number of rotatable bonds is 3. The first-order valence-corrected chi connectivity index (χ1v) is 12.2. The number of carbonyl (C=O) groups excluding carboxylic acids is 3. The Labute approximate surface area is 208 Å². The molecule has 4 aromatic carbocycles. The summed E-state index contributed by atoms with van der Waals surface area (Å²) < 4.78 is 0. The zero-order valence-corrected chi connectivity index (χ0v) is 19.3. The highest BCUT2D eigenvalue weighted by Gasteiger charge is 2.64. The van der Waals surface area contributed by atoms with Gasteiger partial charge in [0.05, 0.1) is 23.6 Å². The van der Waals surface area contributed by atoms with Crippen LogP contribution in [0.3, 0.4) is 0 Å². The average molecular weight is 471 g/mol. The Kier molecular flexibility index (Phi) is 4.48. The lowest BCUT2D eigenvalue weighted by Crippen LogP contribution is -2.48. The number of Topliss-reactive ketones (excluding diaryl/α,β-unsaturated/α-hetero) is 1. The number of hydrogen-bond acceptors (Lipinski definition) is 4. The van der Waals surface area contributed by atoms with Crippen molar-refractivity contribution < 1.29 is 14.4 Å². The fraction of sp³-hybridized carbons (Fsp3) is 0.129. The third-order valence-electron chi connectivity index (χ3n) is 7.75. The quantitative estimate of drug-likeness (QED) is 0.308. The smallest absolute Gasteiger partial charge is 0.240 e. The number of anilines is 2. The van der Waals surface area contributed by atoms with E-state index < -0.39 is 17.9 Å². The molecular weight excluding hydrogens is 448 g/mol. The molecule has 5 heteroatoms. The second-order valence-corrected chi connectivity index (χ2v) is 9.55. The number of benzene rings is 4. The SMILES string of the molecule is O=C(c1ccccc1)[C@@H]1[C@H]2C(=O)N(c3ccccc3)C(=O)[C@@H]2[C@H]2C=Cc3c(ccc4ccccc34)N21. The summed E-state index contributed by atoms with van der Waals surface area (Å²) in [6, 6.07) is 29.1. The first-order valence-electron chi connectivity index (χ1n) is 12.2. The number of carbonyl (C=O) groups is 3. The largest absolute Gasteiger partial charge is 0.352 e. The van der Waals surface area contributed by atoms with Gasteiger partial charge in [0.1, 0.15) is 6.04 Å². The van der Waals surface area contributed by atoms with Crippen LogP contribution in [0, 0.1) is 11.8 Å². The number of hydrogen-bond donors (Lipinski definition) is 0. The Bertz CT molecular complexity index is 1580. The molecule has 7 rings (SSSR count). The molecule has 4 atom stereocenters. The van der Waals surface area contributed by atoms with Gasteiger partial charge < -0.3 is 4.90 Å². The second kappa shape index (κ2) is 7.75. The fourth-order valence-electron chi connectivity index (χ4n) is 6.23. The molecule has 0 saturated carbocycles. The van der Waals surface area contributed by atoms with Crippen molar-refractivity contribution in [3.05, 3.63) is 114 Å². The van der Waals surface area contributed by atoms with Crippen LogP contribution in [0.5, 0.6) is 0 Å². The average Bonchev–Trinajstić information content (AvgIpc) is 3.41. The van der Waals surface area contributed by atoms with Gasteiger partial charge in [-0.2, -0.15) is 0 Å². The monoisotopic (exact) mass is 470 g/mol. The van der Waals surface area contributed by atoms with E-state index in [1.807, 2.05) is 77.7 Å². The van der Waals surface area contributed by atoms with Crippen LogP contribution in [-0.4, -0.2) is 29.7 Å². The van der Waals surface area contributed by atoms with E-state index in [2.05, 4.69) is 12.1 Å². The highest BCUT2D eigenvalue weighted by atomic mass is 16.2. The maximum absolute atomic E-state index is 14.1. The van der Waals surface area contributed by atoms with Gasteiger partial charge in [0.25, 0.3) is 0 Å². The minimum absolute atomic E-state index is 0.140. The molecule has 4 aromatic rings. The van der Waals surface area contributed by atoms with Gasteiger partial charge in [0.2, 0.25) is 11.8 Å². The Hall–Kier alpha value is -4.51. The van der Waals surface area contributed by atoms with Crippen LogP contribution in [0.25, 0.3) is 16.8 Å². The maximum Gasteiger partial charge on any atom is 0.240 e. The molecule has 0 spiro atoms. The van der Waals surface area contributed by atoms with Crippen molar-refractivity contribution in [2.24, 2.45) is 11.8 Å². The molecule has 3 aliphatic rings. The van der Waals surface area contributed by atoms with Gasteiger partial charge in [-0.3, -0.25) is 14.4 Å². The summed E-state index contributed by atoms with van der Waals surface area (Å²) in [6.45, 7) is 0. The van der Waals surface area contributed by atoms with Crippen LogP contribution < -0.4 is 9.80 Å². The lowest BCUT2D eigenvalue weighted by molar-refractivity contribution is -0.122. The van der Waals surface area contributed by atoms with Gasteiger partial charge >= 0.3 is 0 Å². The van der Waals surface area contributed by atoms with Crippen LogP contribution >= 0.6 is 0 Å². The van der Waals surface area contributed by atoms with Gasteiger partial charge in [-0.05, 0) is 29.0 Å². The highest BCUT2D eigenvalue weighted by molar-refractivity contribution is 6.25. The summed E-state index contributed by atoms with van der Waals surface area (Å²) in [5.74, 6) is -2.10. The predicted octanol–water partition coefficient (Wildman–Crippen LogP) is 5.11. The van der Waals surface area contributed by atoms with Crippen molar-refractivity contribution in [2.45, 2.75) is 12.1 Å². The summed E-state index contributed by atoms with van der Waals surface area (Å²) in [6.07, 6.45) is 4.05. The lowest BCUT2D eigenvalue weighted by Gasteiger charge is -2.37. The second-order valence-electron chi connectivity index (χ2n) is 9.55. The molecule has 0 radical (unpaired) electrons. The Morgan fingerprint density at radius 1 is 0.694 bits per heavy atom. The van der Waals surface area contributed by atoms with E-state index >= 15 is 0 Å². The van der Waals surface area contributed by atoms with E-state index in [0.29, 0.717) is 11.3 Å². The minimum Gasteiger partial charge on any atom is -0.352 e. The summed E-state index contributed by atoms with van der Waals surface area (Å²) in [5, 5.41) is 2.18. The molecule has 3 aliphatic heterocycles. The molecule has 2 fully saturated rings. The van der Waals surface area contributed by atoms with E-state index in [4.69, 9.17) is 0 Å². The molecule has 5 nitrogen and oxygen atoms in total. The lowest BCUT2D eigenvalue weighted by atomic mass is 9.86. The van der Waals surface area contributed by atoms with Crippen molar-refractivity contribution in [2.75, 3.05) is 9.80 Å². The zero-order chi connectivity index (χ0) is 24.4. The molecule has 0 N–H and O–H groups in total. The zero-order valence-electron chi connectivity index (χ0n) is 19.3. The van der Waals surface area contributed by atoms with Crippen LogP contribution in [0.15, 0.2) is 103 Å². The van der Waals surface area contributed by atoms with E-state index in [1.54, 1.807) is 24.3 Å². The van der Waals surface area contributed by atoms with Crippen LogP contribution in [0.1, 0.15) is 15.9 Å². The van der Waals surface area contributed by atoms with Gasteiger partial charge in [-0.15, -0.1) is 0 Å². The maximum atomic E-state index is 14.1.